The molecule has 1 nitrogen and oxygen atoms in total. The lowest BCUT2D eigenvalue weighted by Crippen LogP contribution is -2.21. The standard InChI is InChI=1S/C10H15NSi/c1-11(2)8-9-6-4-5-7-10(9)12-3/h4-7H,8H2,1-3H3. The van der Waals surface area contributed by atoms with Crippen LogP contribution in [0, 0.1) is 0 Å². The van der Waals surface area contributed by atoms with Gasteiger partial charge in [-0.25, -0.2) is 0 Å². The molecule has 0 aliphatic carbocycles. The Kier molecular flexibility index (Phi) is 3.50. The van der Waals surface area contributed by atoms with Crippen molar-refractivity contribution in [1.29, 1.82) is 0 Å². The Hall–Kier alpha value is -0.603. The molecule has 0 saturated heterocycles. The van der Waals surface area contributed by atoms with Crippen molar-refractivity contribution in [3.05, 3.63) is 29.8 Å². The third-order valence-corrected chi connectivity index (χ3v) is 2.80. The molecule has 0 spiro atoms. The molecule has 0 fully saturated rings. The van der Waals surface area contributed by atoms with Gasteiger partial charge in [-0.15, -0.1) is 0 Å². The summed E-state index contributed by atoms with van der Waals surface area (Å²) in [6.45, 7) is 3.28. The lowest BCUT2D eigenvalue weighted by Gasteiger charge is -2.12. The van der Waals surface area contributed by atoms with Crippen LogP contribution in [0.4, 0.5) is 0 Å². The van der Waals surface area contributed by atoms with Crippen molar-refractivity contribution in [2.75, 3.05) is 14.1 Å². The number of rotatable bonds is 3. The smallest absolute Gasteiger partial charge is 0.0777 e. The first-order valence-corrected chi connectivity index (χ1v) is 5.64. The lowest BCUT2D eigenvalue weighted by atomic mass is 10.2. The maximum atomic E-state index is 2.23. The van der Waals surface area contributed by atoms with Gasteiger partial charge in [0, 0.05) is 6.54 Å². The predicted molar refractivity (Wildman–Crippen MR) is 55.1 cm³/mol. The minimum absolute atomic E-state index is 0.902. The summed E-state index contributed by atoms with van der Waals surface area (Å²) in [7, 11) is 5.12. The Morgan fingerprint density at radius 3 is 2.50 bits per heavy atom. The number of benzene rings is 1. The summed E-state index contributed by atoms with van der Waals surface area (Å²) in [5.41, 5.74) is 1.46. The highest BCUT2D eigenvalue weighted by atomic mass is 28.2. The fraction of sp³-hybridized carbons (Fsp3) is 0.400. The highest BCUT2D eigenvalue weighted by molar-refractivity contribution is 6.52. The second-order valence-corrected chi connectivity index (χ2v) is 4.18. The van der Waals surface area contributed by atoms with E-state index in [1.54, 1.807) is 0 Å². The molecular formula is C10H15NSi. The first-order valence-electron chi connectivity index (χ1n) is 4.14. The summed E-state index contributed by atoms with van der Waals surface area (Å²) in [5, 5.41) is 1.49. The maximum absolute atomic E-state index is 2.23. The predicted octanol–water partition coefficient (Wildman–Crippen LogP) is 1.13. The average Bonchev–Trinajstić information content (AvgIpc) is 2.04. The van der Waals surface area contributed by atoms with E-state index >= 15 is 0 Å². The van der Waals surface area contributed by atoms with E-state index in [2.05, 4.69) is 49.8 Å². The van der Waals surface area contributed by atoms with Gasteiger partial charge in [0.2, 0.25) is 0 Å². The van der Waals surface area contributed by atoms with E-state index in [4.69, 9.17) is 0 Å². The molecule has 0 amide bonds. The SMILES string of the molecule is C[Si]c1ccccc1CN(C)C. The van der Waals surface area contributed by atoms with Gasteiger partial charge in [0.1, 0.15) is 0 Å². The zero-order valence-electron chi connectivity index (χ0n) is 7.96. The molecule has 2 heteroatoms. The van der Waals surface area contributed by atoms with Gasteiger partial charge in [0.15, 0.2) is 0 Å². The van der Waals surface area contributed by atoms with Crippen LogP contribution in [-0.4, -0.2) is 28.5 Å². The summed E-state index contributed by atoms with van der Waals surface area (Å²) in [6, 6.07) is 8.66. The van der Waals surface area contributed by atoms with Gasteiger partial charge < -0.3 is 4.90 Å². The molecule has 0 unspecified atom stereocenters. The summed E-state index contributed by atoms with van der Waals surface area (Å²) in [5.74, 6) is 0. The molecule has 0 bridgehead atoms. The van der Waals surface area contributed by atoms with Crippen LogP contribution in [0.5, 0.6) is 0 Å². The molecule has 0 aliphatic heterocycles. The van der Waals surface area contributed by atoms with Gasteiger partial charge in [-0.05, 0) is 19.7 Å². The van der Waals surface area contributed by atoms with Gasteiger partial charge in [-0.3, -0.25) is 0 Å². The molecule has 1 aromatic carbocycles. The second kappa shape index (κ2) is 4.43. The number of hydrogen-bond donors (Lipinski definition) is 0. The normalized spacial score (nSPS) is 10.7. The molecule has 12 heavy (non-hydrogen) atoms. The van der Waals surface area contributed by atoms with Gasteiger partial charge in [0.05, 0.1) is 9.52 Å². The van der Waals surface area contributed by atoms with Gasteiger partial charge >= 0.3 is 0 Å². The highest BCUT2D eigenvalue weighted by Crippen LogP contribution is 1.98. The zero-order chi connectivity index (χ0) is 8.97. The molecule has 2 radical (unpaired) electrons. The van der Waals surface area contributed by atoms with E-state index in [0.717, 1.165) is 16.1 Å². The minimum atomic E-state index is 0.902. The molecule has 64 valence electrons. The largest absolute Gasteiger partial charge is 0.305 e. The Balaban J connectivity index is 2.82. The van der Waals surface area contributed by atoms with E-state index in [-0.39, 0.29) is 0 Å². The molecule has 0 N–H and O–H groups in total. The molecule has 1 rings (SSSR count). The van der Waals surface area contributed by atoms with E-state index in [0.29, 0.717) is 0 Å². The topological polar surface area (TPSA) is 3.24 Å². The molecule has 0 saturated carbocycles. The van der Waals surface area contributed by atoms with Crippen molar-refractivity contribution in [2.24, 2.45) is 0 Å². The molecular weight excluding hydrogens is 162 g/mol. The average molecular weight is 177 g/mol. The first kappa shape index (κ1) is 9.48. The van der Waals surface area contributed by atoms with Crippen LogP contribution >= 0.6 is 0 Å². The Morgan fingerprint density at radius 1 is 1.25 bits per heavy atom. The van der Waals surface area contributed by atoms with Gasteiger partial charge in [-0.2, -0.15) is 0 Å². The second-order valence-electron chi connectivity index (χ2n) is 3.14. The van der Waals surface area contributed by atoms with Crippen molar-refractivity contribution in [2.45, 2.75) is 13.1 Å². The first-order chi connectivity index (χ1) is 5.74. The fourth-order valence-corrected chi connectivity index (χ4v) is 1.99. The van der Waals surface area contributed by atoms with Crippen LogP contribution < -0.4 is 5.19 Å². The Labute approximate surface area is 77.2 Å². The monoisotopic (exact) mass is 177 g/mol. The van der Waals surface area contributed by atoms with Crippen LogP contribution in [0.15, 0.2) is 24.3 Å². The summed E-state index contributed by atoms with van der Waals surface area (Å²) >= 11 is 0. The highest BCUT2D eigenvalue weighted by Gasteiger charge is 1.99. The lowest BCUT2D eigenvalue weighted by molar-refractivity contribution is 0.403. The Bertz CT molecular complexity index is 245. The van der Waals surface area contributed by atoms with E-state index in [1.807, 2.05) is 0 Å². The summed E-state index contributed by atoms with van der Waals surface area (Å²) in [4.78, 5) is 2.21. The van der Waals surface area contributed by atoms with Crippen LogP contribution in [-0.2, 0) is 6.54 Å². The quantitative estimate of drug-likeness (QED) is 0.626. The van der Waals surface area contributed by atoms with Gasteiger partial charge in [0.25, 0.3) is 0 Å². The molecule has 0 atom stereocenters. The zero-order valence-corrected chi connectivity index (χ0v) is 8.96. The van der Waals surface area contributed by atoms with Crippen LogP contribution in [0.3, 0.4) is 0 Å². The maximum Gasteiger partial charge on any atom is 0.0777 e. The van der Waals surface area contributed by atoms with E-state index < -0.39 is 0 Å². The fourth-order valence-electron chi connectivity index (χ4n) is 1.24. The van der Waals surface area contributed by atoms with Crippen molar-refractivity contribution in [3.8, 4) is 0 Å². The van der Waals surface area contributed by atoms with E-state index in [9.17, 15) is 0 Å². The van der Waals surface area contributed by atoms with Crippen LogP contribution in [0.25, 0.3) is 0 Å². The van der Waals surface area contributed by atoms with Crippen LogP contribution in [0.1, 0.15) is 5.56 Å². The molecule has 1 aromatic rings. The van der Waals surface area contributed by atoms with Crippen LogP contribution in [0.2, 0.25) is 6.55 Å². The molecule has 0 aromatic heterocycles. The third kappa shape index (κ3) is 2.46. The van der Waals surface area contributed by atoms with Crippen molar-refractivity contribution >= 4 is 14.7 Å². The summed E-state index contributed by atoms with van der Waals surface area (Å²) in [6.07, 6.45) is 0. The molecule has 0 heterocycles. The van der Waals surface area contributed by atoms with Crippen molar-refractivity contribution < 1.29 is 0 Å². The number of hydrogen-bond acceptors (Lipinski definition) is 1. The van der Waals surface area contributed by atoms with E-state index in [1.165, 1.54) is 10.8 Å². The van der Waals surface area contributed by atoms with Gasteiger partial charge in [-0.1, -0.05) is 36.0 Å². The molecule has 0 aliphatic rings. The summed E-state index contributed by atoms with van der Waals surface area (Å²) < 4.78 is 0. The third-order valence-electron chi connectivity index (χ3n) is 1.77. The number of nitrogens with zero attached hydrogens (tertiary/aromatic N) is 1. The van der Waals surface area contributed by atoms with Crippen molar-refractivity contribution in [1.82, 2.24) is 4.90 Å². The van der Waals surface area contributed by atoms with Crippen molar-refractivity contribution in [3.63, 3.8) is 0 Å². The minimum Gasteiger partial charge on any atom is -0.305 e. The Morgan fingerprint density at radius 2 is 1.92 bits per heavy atom.